The summed E-state index contributed by atoms with van der Waals surface area (Å²) in [5, 5.41) is 37.9. The van der Waals surface area contributed by atoms with Gasteiger partial charge >= 0.3 is 5.97 Å². The standard InChI is InChI=1S/C54H76N14O13S/c1-34(69)46(50(74)62-38(18-9-10-26-55)51(75)68-30-14-21-42(68)52(76)67-29-13-20-41(67)49(73)63-39(53(77)78)19-12-28-59-54(56)57)65-45(70)23-6-3-11-27-58-48(72)40(31-35-15-4-2-5-16-35)64-47(71)37-24-25-44(60-32-37)66-61-33-36-17-7-8-22-43(36)82(79,80)81/h2,4-5,7-8,15-17,22,24-25,32-34,38-42,46,69H,3,6,9-14,18-21,23,26-31,55H2,1H3,(H,58,72)(H,60,66)(H,62,74)(H,63,73)(H,64,71)(H,65,70)(H,77,78)(H4,56,57,59)(H,79,80,81)/b61-33+. The number of aromatic nitrogens is 1. The molecule has 28 heteroatoms. The Bertz CT molecular complexity index is 2840. The number of pyridine rings is 1. The monoisotopic (exact) mass is 1160 g/mol. The van der Waals surface area contributed by atoms with Gasteiger partial charge in [-0.2, -0.15) is 13.5 Å². The summed E-state index contributed by atoms with van der Waals surface area (Å²) in [6, 6.07) is 10.9. The van der Waals surface area contributed by atoms with Crippen molar-refractivity contribution in [2.24, 2.45) is 27.3 Å². The molecule has 27 nitrogen and oxygen atoms in total. The molecule has 2 fully saturated rings. The molecule has 2 aliphatic heterocycles. The van der Waals surface area contributed by atoms with E-state index < -0.39 is 99.8 Å². The maximum atomic E-state index is 14.3. The Morgan fingerprint density at radius 1 is 0.780 bits per heavy atom. The Morgan fingerprint density at radius 2 is 1.48 bits per heavy atom. The number of unbranched alkanes of at least 4 members (excludes halogenated alkanes) is 3. The lowest BCUT2D eigenvalue weighted by Gasteiger charge is -2.33. The number of hydrogen-bond donors (Lipinski definition) is 12. The summed E-state index contributed by atoms with van der Waals surface area (Å²) in [6.07, 6.45) is 5.32. The molecule has 0 aliphatic carbocycles. The molecule has 2 saturated heterocycles. The highest BCUT2D eigenvalue weighted by Crippen LogP contribution is 2.27. The minimum atomic E-state index is -4.49. The second-order valence-electron chi connectivity index (χ2n) is 20.0. The molecular weight excluding hydrogens is 1080 g/mol. The van der Waals surface area contributed by atoms with E-state index in [1.807, 2.05) is 18.2 Å². The van der Waals surface area contributed by atoms with Crippen LogP contribution in [0.15, 0.2) is 87.9 Å². The van der Waals surface area contributed by atoms with Crippen LogP contribution in [0.4, 0.5) is 5.82 Å². The molecule has 3 heterocycles. The summed E-state index contributed by atoms with van der Waals surface area (Å²) in [5.74, 6) is -5.29. The molecular formula is C54H76N14O13S. The van der Waals surface area contributed by atoms with Gasteiger partial charge in [0.05, 0.1) is 17.9 Å². The minimum absolute atomic E-state index is 0.0394. The molecule has 3 aromatic rings. The topological polar surface area (TPSA) is 426 Å². The number of carboxylic acids is 1. The zero-order valence-corrected chi connectivity index (χ0v) is 46.6. The lowest BCUT2D eigenvalue weighted by Crippen LogP contribution is -2.59. The molecule has 82 heavy (non-hydrogen) atoms. The van der Waals surface area contributed by atoms with E-state index in [1.165, 1.54) is 59.5 Å². The molecule has 2 aliphatic rings. The number of nitrogens with zero attached hydrogens (tertiary/aromatic N) is 5. The van der Waals surface area contributed by atoms with Crippen molar-refractivity contribution >= 4 is 75.4 Å². The van der Waals surface area contributed by atoms with Crippen molar-refractivity contribution in [3.8, 4) is 0 Å². The third-order valence-electron chi connectivity index (χ3n) is 13.8. The molecule has 0 saturated carbocycles. The quantitative estimate of drug-likeness (QED) is 0.0127. The summed E-state index contributed by atoms with van der Waals surface area (Å²) >= 11 is 0. The second kappa shape index (κ2) is 32.4. The maximum absolute atomic E-state index is 14.3. The number of amides is 7. The van der Waals surface area contributed by atoms with Crippen molar-refractivity contribution in [3.05, 3.63) is 89.6 Å². The number of aliphatic imine (C=N–C) groups is 1. The lowest BCUT2D eigenvalue weighted by molar-refractivity contribution is -0.149. The van der Waals surface area contributed by atoms with Crippen LogP contribution < -0.4 is 49.2 Å². The highest BCUT2D eigenvalue weighted by molar-refractivity contribution is 7.86. The second-order valence-corrected chi connectivity index (χ2v) is 21.4. The lowest BCUT2D eigenvalue weighted by atomic mass is 10.0. The van der Waals surface area contributed by atoms with Gasteiger partial charge in [0.1, 0.15) is 47.0 Å². The molecule has 7 unspecified atom stereocenters. The van der Waals surface area contributed by atoms with Crippen molar-refractivity contribution in [3.63, 3.8) is 0 Å². The highest BCUT2D eigenvalue weighted by atomic mass is 32.2. The van der Waals surface area contributed by atoms with Gasteiger partial charge in [-0.05, 0) is 108 Å². The third-order valence-corrected chi connectivity index (χ3v) is 14.7. The van der Waals surface area contributed by atoms with Gasteiger partial charge in [-0.1, -0.05) is 55.0 Å². The number of anilines is 1. The van der Waals surface area contributed by atoms with Gasteiger partial charge in [0, 0.05) is 50.8 Å². The van der Waals surface area contributed by atoms with E-state index in [-0.39, 0.29) is 98.9 Å². The third kappa shape index (κ3) is 20.2. The fourth-order valence-electron chi connectivity index (χ4n) is 9.48. The van der Waals surface area contributed by atoms with Gasteiger partial charge in [-0.3, -0.25) is 48.5 Å². The molecule has 446 valence electrons. The Labute approximate surface area is 475 Å². The zero-order valence-electron chi connectivity index (χ0n) is 45.8. The van der Waals surface area contributed by atoms with Crippen LogP contribution in [-0.2, 0) is 50.1 Å². The Hall–Kier alpha value is -8.08. The van der Waals surface area contributed by atoms with Crippen LogP contribution in [0.2, 0.25) is 0 Å². The first kappa shape index (κ1) is 64.7. The minimum Gasteiger partial charge on any atom is -0.480 e. The number of hydrogen-bond acceptors (Lipinski definition) is 16. The first-order valence-corrected chi connectivity index (χ1v) is 28.7. The van der Waals surface area contributed by atoms with Crippen molar-refractivity contribution < 1.29 is 61.5 Å². The number of aliphatic carboxylic acids is 1. The number of carbonyl (C=O) groups excluding carboxylic acids is 7. The Morgan fingerprint density at radius 3 is 2.15 bits per heavy atom. The fraction of sp³-hybridized carbons (Fsp3) is 0.500. The molecule has 5 rings (SSSR count). The van der Waals surface area contributed by atoms with E-state index in [9.17, 15) is 61.5 Å². The number of aliphatic hydroxyl groups excluding tert-OH is 1. The molecule has 0 radical (unpaired) electrons. The zero-order chi connectivity index (χ0) is 59.8. The fourth-order valence-corrected chi connectivity index (χ4v) is 10.1. The largest absolute Gasteiger partial charge is 0.480 e. The summed E-state index contributed by atoms with van der Waals surface area (Å²) in [5.41, 5.74) is 20.1. The maximum Gasteiger partial charge on any atom is 0.326 e. The van der Waals surface area contributed by atoms with E-state index in [0.717, 1.165) is 5.56 Å². The van der Waals surface area contributed by atoms with E-state index in [4.69, 9.17) is 17.2 Å². The van der Waals surface area contributed by atoms with E-state index in [0.29, 0.717) is 51.5 Å². The molecule has 7 amide bonds. The van der Waals surface area contributed by atoms with Crippen LogP contribution in [0.25, 0.3) is 0 Å². The predicted molar refractivity (Wildman–Crippen MR) is 302 cm³/mol. The summed E-state index contributed by atoms with van der Waals surface area (Å²) in [6.45, 7) is 2.37. The van der Waals surface area contributed by atoms with Crippen molar-refractivity contribution in [2.45, 2.75) is 144 Å². The number of likely N-dealkylation sites (tertiary alicyclic amines) is 2. The van der Waals surface area contributed by atoms with Gasteiger partial charge in [-0.15, -0.1) is 0 Å². The van der Waals surface area contributed by atoms with Crippen molar-refractivity contribution in [1.29, 1.82) is 0 Å². The van der Waals surface area contributed by atoms with Crippen LogP contribution in [0.3, 0.4) is 0 Å². The highest BCUT2D eigenvalue weighted by Gasteiger charge is 2.44. The Balaban J connectivity index is 1.11. The normalized spacial score (nSPS) is 16.9. The van der Waals surface area contributed by atoms with E-state index in [2.05, 4.69) is 47.1 Å². The molecule has 0 bridgehead atoms. The number of aliphatic hydroxyl groups is 1. The molecule has 2 aromatic carbocycles. The number of nitrogens with one attached hydrogen (secondary N) is 6. The van der Waals surface area contributed by atoms with Crippen molar-refractivity contribution in [1.82, 2.24) is 41.4 Å². The number of guanidine groups is 1. The average molecular weight is 1160 g/mol. The van der Waals surface area contributed by atoms with E-state index >= 15 is 0 Å². The summed E-state index contributed by atoms with van der Waals surface area (Å²) in [4.78, 5) is 118. The van der Waals surface area contributed by atoms with Crippen LogP contribution in [0, 0.1) is 0 Å². The first-order valence-electron chi connectivity index (χ1n) is 27.3. The van der Waals surface area contributed by atoms with Crippen LogP contribution >= 0.6 is 0 Å². The average Bonchev–Trinajstić information content (AvgIpc) is 4.27. The summed E-state index contributed by atoms with van der Waals surface area (Å²) in [7, 11) is -4.49. The van der Waals surface area contributed by atoms with Gasteiger partial charge in [0.25, 0.3) is 16.0 Å². The molecule has 15 N–H and O–H groups in total. The van der Waals surface area contributed by atoms with Crippen LogP contribution in [0.1, 0.15) is 112 Å². The van der Waals surface area contributed by atoms with Crippen molar-refractivity contribution in [2.75, 3.05) is 38.1 Å². The number of hydrazone groups is 1. The van der Waals surface area contributed by atoms with Gasteiger partial charge < -0.3 is 63.8 Å². The van der Waals surface area contributed by atoms with Crippen LogP contribution in [-0.4, -0.2) is 173 Å². The smallest absolute Gasteiger partial charge is 0.326 e. The number of carbonyl (C=O) groups is 8. The Kier molecular flexibility index (Phi) is 25.6. The number of benzene rings is 2. The molecule has 7 atom stereocenters. The van der Waals surface area contributed by atoms with Crippen LogP contribution in [0.5, 0.6) is 0 Å². The predicted octanol–water partition coefficient (Wildman–Crippen LogP) is -0.124. The number of carboxylic acid groups (broad SMARTS) is 1. The first-order chi connectivity index (χ1) is 39.2. The van der Waals surface area contributed by atoms with Gasteiger partial charge in [0.2, 0.25) is 35.4 Å². The van der Waals surface area contributed by atoms with E-state index in [1.54, 1.807) is 18.2 Å². The van der Waals surface area contributed by atoms with Gasteiger partial charge in [0.15, 0.2) is 5.96 Å². The number of nitrogens with two attached hydrogens (primary N) is 3. The SMILES string of the molecule is CC(O)C(NC(=O)CCCCCNC(=O)C(Cc1ccccc1)NC(=O)c1ccc(N/N=C/c2ccccc2S(=O)(=O)O)nc1)C(=O)NC(CCCCN)C(=O)N1CCCC1C(=O)N1CCCC1C(=O)NC(CCCN=C(N)N)C(=O)O. The summed E-state index contributed by atoms with van der Waals surface area (Å²) < 4.78 is 32.9. The molecule has 0 spiro atoms. The van der Waals surface area contributed by atoms with Gasteiger partial charge in [-0.25, -0.2) is 9.78 Å². The molecule has 1 aromatic heterocycles. The number of rotatable bonds is 32.